The highest BCUT2D eigenvalue weighted by Gasteiger charge is 2.06. The molecule has 2 rings (SSSR count). The van der Waals surface area contributed by atoms with Crippen molar-refractivity contribution in [3.63, 3.8) is 0 Å². The molecule has 28 heavy (non-hydrogen) atoms. The van der Waals surface area contributed by atoms with Crippen molar-refractivity contribution in [1.82, 2.24) is 10.6 Å². The van der Waals surface area contributed by atoms with Crippen LogP contribution in [0.15, 0.2) is 53.5 Å². The van der Waals surface area contributed by atoms with Crippen LogP contribution < -0.4 is 25.4 Å². The summed E-state index contributed by atoms with van der Waals surface area (Å²) < 4.78 is 10.5. The van der Waals surface area contributed by atoms with Crippen LogP contribution in [0.25, 0.3) is 0 Å². The number of aliphatic imine (C=N–C) groups is 1. The standard InChI is InChI=1S/C20H26N4O3.HI/c1-21-20(24-16-10-11-17(26-2)18(14-16)27-3)23-13-7-12-22-19(25)15-8-5-4-6-9-15;/h4-6,8-11,14H,7,12-13H2,1-3H3,(H,22,25)(H2,21,23,24);1H. The smallest absolute Gasteiger partial charge is 0.251 e. The first-order chi connectivity index (χ1) is 13.2. The lowest BCUT2D eigenvalue weighted by Crippen LogP contribution is -2.33. The lowest BCUT2D eigenvalue weighted by molar-refractivity contribution is 0.0953. The van der Waals surface area contributed by atoms with Crippen molar-refractivity contribution in [3.8, 4) is 11.5 Å². The van der Waals surface area contributed by atoms with Gasteiger partial charge in [0, 0.05) is 37.5 Å². The number of guanidine groups is 1. The van der Waals surface area contributed by atoms with E-state index in [1.807, 2.05) is 36.4 Å². The molecule has 0 saturated heterocycles. The third-order valence-corrected chi connectivity index (χ3v) is 3.84. The molecule has 0 aliphatic carbocycles. The van der Waals surface area contributed by atoms with Crippen LogP contribution in [0, 0.1) is 0 Å². The number of amides is 1. The Kier molecular flexibility index (Phi) is 10.8. The van der Waals surface area contributed by atoms with Gasteiger partial charge in [-0.1, -0.05) is 18.2 Å². The van der Waals surface area contributed by atoms with Gasteiger partial charge in [0.25, 0.3) is 5.91 Å². The lowest BCUT2D eigenvalue weighted by Gasteiger charge is -2.14. The summed E-state index contributed by atoms with van der Waals surface area (Å²) in [6, 6.07) is 14.7. The van der Waals surface area contributed by atoms with Crippen molar-refractivity contribution in [1.29, 1.82) is 0 Å². The van der Waals surface area contributed by atoms with E-state index in [1.54, 1.807) is 33.4 Å². The van der Waals surface area contributed by atoms with Gasteiger partial charge in [0.1, 0.15) is 0 Å². The molecule has 0 saturated carbocycles. The Hall–Kier alpha value is -2.49. The molecule has 2 aromatic carbocycles. The molecule has 0 bridgehead atoms. The van der Waals surface area contributed by atoms with E-state index in [1.165, 1.54) is 0 Å². The zero-order valence-corrected chi connectivity index (χ0v) is 18.7. The Labute approximate surface area is 182 Å². The minimum absolute atomic E-state index is 0. The van der Waals surface area contributed by atoms with Crippen LogP contribution in [0.5, 0.6) is 11.5 Å². The van der Waals surface area contributed by atoms with E-state index < -0.39 is 0 Å². The molecule has 7 nitrogen and oxygen atoms in total. The van der Waals surface area contributed by atoms with Crippen LogP contribution in [-0.4, -0.2) is 46.2 Å². The first kappa shape index (κ1) is 23.5. The Balaban J connectivity index is 0.00000392. The van der Waals surface area contributed by atoms with Gasteiger partial charge in [0.15, 0.2) is 17.5 Å². The number of nitrogens with one attached hydrogen (secondary N) is 3. The van der Waals surface area contributed by atoms with Gasteiger partial charge in [-0.2, -0.15) is 0 Å². The van der Waals surface area contributed by atoms with Gasteiger partial charge in [-0.15, -0.1) is 24.0 Å². The molecule has 1 amide bonds. The highest BCUT2D eigenvalue weighted by atomic mass is 127. The number of benzene rings is 2. The van der Waals surface area contributed by atoms with Crippen LogP contribution in [0.2, 0.25) is 0 Å². The van der Waals surface area contributed by atoms with E-state index in [4.69, 9.17) is 9.47 Å². The number of halogens is 1. The zero-order valence-electron chi connectivity index (χ0n) is 16.3. The second-order valence-electron chi connectivity index (χ2n) is 5.67. The van der Waals surface area contributed by atoms with E-state index in [-0.39, 0.29) is 29.9 Å². The normalized spacial score (nSPS) is 10.5. The number of hydrogen-bond acceptors (Lipinski definition) is 4. The summed E-state index contributed by atoms with van der Waals surface area (Å²) >= 11 is 0. The molecular formula is C20H27IN4O3. The van der Waals surface area contributed by atoms with E-state index in [2.05, 4.69) is 20.9 Å². The molecular weight excluding hydrogens is 471 g/mol. The van der Waals surface area contributed by atoms with Gasteiger partial charge in [-0.05, 0) is 30.7 Å². The van der Waals surface area contributed by atoms with Crippen molar-refractivity contribution in [3.05, 3.63) is 54.1 Å². The molecule has 0 atom stereocenters. The van der Waals surface area contributed by atoms with Crippen LogP contribution in [0.1, 0.15) is 16.8 Å². The van der Waals surface area contributed by atoms with Gasteiger partial charge < -0.3 is 25.4 Å². The molecule has 0 radical (unpaired) electrons. The molecule has 2 aromatic rings. The average molecular weight is 498 g/mol. The molecule has 0 aromatic heterocycles. The first-order valence-corrected chi connectivity index (χ1v) is 8.71. The number of carbonyl (C=O) groups is 1. The average Bonchev–Trinajstić information content (AvgIpc) is 2.72. The second kappa shape index (κ2) is 12.8. The molecule has 0 aliphatic rings. The van der Waals surface area contributed by atoms with Crippen molar-refractivity contribution >= 4 is 41.5 Å². The summed E-state index contributed by atoms with van der Waals surface area (Å²) in [5.74, 6) is 1.88. The third kappa shape index (κ3) is 7.26. The van der Waals surface area contributed by atoms with Crippen LogP contribution in [0.3, 0.4) is 0 Å². The van der Waals surface area contributed by atoms with Crippen molar-refractivity contribution in [2.75, 3.05) is 39.7 Å². The Morgan fingerprint density at radius 2 is 1.64 bits per heavy atom. The fourth-order valence-corrected chi connectivity index (χ4v) is 2.42. The molecule has 8 heteroatoms. The number of anilines is 1. The Bertz CT molecular complexity index is 769. The van der Waals surface area contributed by atoms with Gasteiger partial charge in [0.2, 0.25) is 0 Å². The highest BCUT2D eigenvalue weighted by Crippen LogP contribution is 2.29. The number of hydrogen-bond donors (Lipinski definition) is 3. The fourth-order valence-electron chi connectivity index (χ4n) is 2.42. The highest BCUT2D eigenvalue weighted by molar-refractivity contribution is 14.0. The Morgan fingerprint density at radius 1 is 0.964 bits per heavy atom. The van der Waals surface area contributed by atoms with Crippen LogP contribution >= 0.6 is 24.0 Å². The fraction of sp³-hybridized carbons (Fsp3) is 0.300. The van der Waals surface area contributed by atoms with Gasteiger partial charge in [0.05, 0.1) is 14.2 Å². The topological polar surface area (TPSA) is 84.0 Å². The van der Waals surface area contributed by atoms with Crippen LogP contribution in [0.4, 0.5) is 5.69 Å². The number of carbonyl (C=O) groups excluding carboxylic acids is 1. The minimum Gasteiger partial charge on any atom is -0.493 e. The van der Waals surface area contributed by atoms with Gasteiger partial charge in [-0.25, -0.2) is 0 Å². The third-order valence-electron chi connectivity index (χ3n) is 3.84. The summed E-state index contributed by atoms with van der Waals surface area (Å²) in [5.41, 5.74) is 1.49. The molecule has 0 heterocycles. The van der Waals surface area contributed by atoms with Crippen molar-refractivity contribution in [2.45, 2.75) is 6.42 Å². The van der Waals surface area contributed by atoms with E-state index in [9.17, 15) is 4.79 Å². The van der Waals surface area contributed by atoms with E-state index in [0.717, 1.165) is 12.1 Å². The predicted molar refractivity (Wildman–Crippen MR) is 123 cm³/mol. The Morgan fingerprint density at radius 3 is 2.29 bits per heavy atom. The van der Waals surface area contributed by atoms with E-state index in [0.29, 0.717) is 36.1 Å². The summed E-state index contributed by atoms with van der Waals surface area (Å²) in [6.07, 6.45) is 0.769. The number of rotatable bonds is 8. The van der Waals surface area contributed by atoms with Crippen LogP contribution in [-0.2, 0) is 0 Å². The van der Waals surface area contributed by atoms with Crippen molar-refractivity contribution in [2.24, 2.45) is 4.99 Å². The zero-order chi connectivity index (χ0) is 19.5. The van der Waals surface area contributed by atoms with Gasteiger partial charge in [-0.3, -0.25) is 9.79 Å². The molecule has 0 aliphatic heterocycles. The number of methoxy groups -OCH3 is 2. The predicted octanol–water partition coefficient (Wildman–Crippen LogP) is 3.13. The maximum atomic E-state index is 12.0. The van der Waals surface area contributed by atoms with Crippen molar-refractivity contribution < 1.29 is 14.3 Å². The first-order valence-electron chi connectivity index (χ1n) is 8.71. The van der Waals surface area contributed by atoms with Gasteiger partial charge >= 0.3 is 0 Å². The maximum Gasteiger partial charge on any atom is 0.251 e. The SMILES string of the molecule is CN=C(NCCCNC(=O)c1ccccc1)Nc1ccc(OC)c(OC)c1.I. The second-order valence-corrected chi connectivity index (χ2v) is 5.67. The minimum atomic E-state index is -0.0663. The molecule has 0 unspecified atom stereocenters. The summed E-state index contributed by atoms with van der Waals surface area (Å²) in [5, 5.41) is 9.31. The molecule has 152 valence electrons. The molecule has 3 N–H and O–H groups in total. The summed E-state index contributed by atoms with van der Waals surface area (Å²) in [6.45, 7) is 1.25. The summed E-state index contributed by atoms with van der Waals surface area (Å²) in [4.78, 5) is 16.2. The number of nitrogens with zero attached hydrogens (tertiary/aromatic N) is 1. The largest absolute Gasteiger partial charge is 0.493 e. The summed E-state index contributed by atoms with van der Waals surface area (Å²) in [7, 11) is 4.90. The quantitative estimate of drug-likeness (QED) is 0.226. The maximum absolute atomic E-state index is 12.0. The lowest BCUT2D eigenvalue weighted by atomic mass is 10.2. The number of ether oxygens (including phenoxy) is 2. The monoisotopic (exact) mass is 498 g/mol. The molecule has 0 spiro atoms. The molecule has 0 fully saturated rings. The van der Waals surface area contributed by atoms with E-state index >= 15 is 0 Å².